The molecule has 0 fully saturated rings. The molecule has 0 saturated heterocycles. The van der Waals surface area contributed by atoms with Crippen LogP contribution in [0.15, 0.2) is 60.7 Å². The molecule has 0 bridgehead atoms. The average Bonchev–Trinajstić information content (AvgIpc) is 2.58. The van der Waals surface area contributed by atoms with Gasteiger partial charge < -0.3 is 0 Å². The second-order valence-corrected chi connectivity index (χ2v) is 7.58. The number of carbonyl (C=O) groups excluding carboxylic acids is 1. The van der Waals surface area contributed by atoms with Crippen LogP contribution in [-0.2, 0) is 16.1 Å². The van der Waals surface area contributed by atoms with E-state index in [4.69, 9.17) is 4.74 Å². The number of hydrogen-bond acceptors (Lipinski definition) is 3. The maximum absolute atomic E-state index is 12.1. The Balaban J connectivity index is 2.00. The van der Waals surface area contributed by atoms with E-state index in [1.165, 1.54) is 17.1 Å². The molecule has 3 nitrogen and oxygen atoms in total. The Kier molecular flexibility index (Phi) is 6.66. The second kappa shape index (κ2) is 8.74. The van der Waals surface area contributed by atoms with Crippen LogP contribution in [0.5, 0.6) is 0 Å². The van der Waals surface area contributed by atoms with Crippen LogP contribution in [-0.4, -0.2) is 34.1 Å². The van der Waals surface area contributed by atoms with Gasteiger partial charge in [-0.3, -0.25) is 0 Å². The first-order valence-corrected chi connectivity index (χ1v) is 9.12. The minimum absolute atomic E-state index is 0.0391. The van der Waals surface area contributed by atoms with E-state index < -0.39 is 0 Å². The molecule has 2 aromatic carbocycles. The summed E-state index contributed by atoms with van der Waals surface area (Å²) in [5.41, 5.74) is 1.21. The number of ether oxygens (including phenoxy) is 1. The van der Waals surface area contributed by atoms with Crippen molar-refractivity contribution < 1.29 is 9.53 Å². The molecular formula is C18H21NO2Se. The van der Waals surface area contributed by atoms with Gasteiger partial charge in [-0.15, -0.1) is 0 Å². The zero-order chi connectivity index (χ0) is 15.8. The summed E-state index contributed by atoms with van der Waals surface area (Å²) >= 11 is 0.0391. The van der Waals surface area contributed by atoms with Gasteiger partial charge in [-0.2, -0.15) is 0 Å². The summed E-state index contributed by atoms with van der Waals surface area (Å²) in [5, 5.41) is 3.45. The maximum atomic E-state index is 12.1. The van der Waals surface area contributed by atoms with Crippen molar-refractivity contribution in [3.05, 3.63) is 66.2 Å². The molecule has 0 heterocycles. The van der Waals surface area contributed by atoms with Crippen LogP contribution in [0.2, 0.25) is 4.82 Å². The monoisotopic (exact) mass is 363 g/mol. The molecule has 0 radical (unpaired) electrons. The predicted octanol–water partition coefficient (Wildman–Crippen LogP) is 2.16. The normalized spacial score (nSPS) is 13.4. The molecule has 1 N–H and O–H groups in total. The zero-order valence-corrected chi connectivity index (χ0v) is 14.6. The number of rotatable bonds is 7. The van der Waals surface area contributed by atoms with Crippen molar-refractivity contribution in [2.45, 2.75) is 24.3 Å². The van der Waals surface area contributed by atoms with E-state index in [1.54, 1.807) is 0 Å². The Labute approximate surface area is 138 Å². The van der Waals surface area contributed by atoms with Crippen LogP contribution < -0.4 is 9.78 Å². The van der Waals surface area contributed by atoms with Crippen LogP contribution in [0, 0.1) is 0 Å². The molecule has 2 unspecified atom stereocenters. The van der Waals surface area contributed by atoms with Crippen LogP contribution in [0.1, 0.15) is 12.5 Å². The van der Waals surface area contributed by atoms with Crippen molar-refractivity contribution in [2.24, 2.45) is 0 Å². The molecule has 0 aliphatic carbocycles. The van der Waals surface area contributed by atoms with Gasteiger partial charge >= 0.3 is 138 Å². The molecule has 2 aromatic rings. The van der Waals surface area contributed by atoms with E-state index in [-0.39, 0.29) is 31.8 Å². The molecule has 0 spiro atoms. The summed E-state index contributed by atoms with van der Waals surface area (Å²) in [5.74, 6) is -0.142. The summed E-state index contributed by atoms with van der Waals surface area (Å²) in [6.07, 6.45) is 0. The van der Waals surface area contributed by atoms with Crippen LogP contribution in [0.25, 0.3) is 0 Å². The summed E-state index contributed by atoms with van der Waals surface area (Å²) < 4.78 is 6.20. The van der Waals surface area contributed by atoms with E-state index in [2.05, 4.69) is 36.5 Å². The number of esters is 1. The van der Waals surface area contributed by atoms with Gasteiger partial charge in [-0.25, -0.2) is 0 Å². The van der Waals surface area contributed by atoms with Crippen molar-refractivity contribution in [2.75, 3.05) is 7.11 Å². The fourth-order valence-corrected chi connectivity index (χ4v) is 4.41. The van der Waals surface area contributed by atoms with Crippen molar-refractivity contribution in [3.8, 4) is 0 Å². The topological polar surface area (TPSA) is 38.3 Å². The molecule has 0 amide bonds. The second-order valence-electron chi connectivity index (χ2n) is 5.03. The van der Waals surface area contributed by atoms with Crippen molar-refractivity contribution in [1.29, 1.82) is 0 Å². The van der Waals surface area contributed by atoms with E-state index in [0.717, 1.165) is 6.54 Å². The molecule has 0 aliphatic heterocycles. The Bertz CT molecular complexity index is 574. The number of methoxy groups -OCH3 is 1. The number of carbonyl (C=O) groups is 1. The van der Waals surface area contributed by atoms with E-state index >= 15 is 0 Å². The molecule has 4 heteroatoms. The molecule has 0 aromatic heterocycles. The van der Waals surface area contributed by atoms with Gasteiger partial charge in [0, 0.05) is 0 Å². The fraction of sp³-hybridized carbons (Fsp3) is 0.278. The van der Waals surface area contributed by atoms with E-state index in [0.29, 0.717) is 0 Å². The van der Waals surface area contributed by atoms with Gasteiger partial charge in [-0.05, 0) is 0 Å². The van der Waals surface area contributed by atoms with Crippen LogP contribution in [0.3, 0.4) is 0 Å². The Morgan fingerprint density at radius 1 is 1.09 bits per heavy atom. The molecule has 2 rings (SSSR count). The van der Waals surface area contributed by atoms with Gasteiger partial charge in [0.05, 0.1) is 0 Å². The number of nitrogens with one attached hydrogen (secondary N) is 1. The van der Waals surface area contributed by atoms with Crippen LogP contribution in [0.4, 0.5) is 0 Å². The quantitative estimate of drug-likeness (QED) is 0.606. The molecular weight excluding hydrogens is 341 g/mol. The third kappa shape index (κ3) is 4.99. The van der Waals surface area contributed by atoms with Gasteiger partial charge in [0.25, 0.3) is 0 Å². The number of hydrogen-bond donors (Lipinski definition) is 1. The molecule has 22 heavy (non-hydrogen) atoms. The molecule has 2 atom stereocenters. The van der Waals surface area contributed by atoms with Gasteiger partial charge in [0.2, 0.25) is 0 Å². The summed E-state index contributed by atoms with van der Waals surface area (Å²) in [7, 11) is 1.46. The molecule has 0 saturated carbocycles. The summed E-state index contributed by atoms with van der Waals surface area (Å²) in [6.45, 7) is 2.80. The Morgan fingerprint density at radius 3 is 2.27 bits per heavy atom. The van der Waals surface area contributed by atoms with Crippen LogP contribution >= 0.6 is 0 Å². The predicted molar refractivity (Wildman–Crippen MR) is 90.3 cm³/mol. The van der Waals surface area contributed by atoms with Crippen molar-refractivity contribution in [1.82, 2.24) is 5.32 Å². The molecule has 116 valence electrons. The summed E-state index contributed by atoms with van der Waals surface area (Å²) in [4.78, 5) is 12.0. The van der Waals surface area contributed by atoms with Gasteiger partial charge in [-0.1, -0.05) is 0 Å². The van der Waals surface area contributed by atoms with Gasteiger partial charge in [0.1, 0.15) is 0 Å². The standard InChI is InChI=1S/C18H21NO2Se/c1-14(19-13-15-9-5-3-6-10-15)17(18(20)21-2)22-16-11-7-4-8-12-16/h3-12,14,17,19H,13H2,1-2H3. The van der Waals surface area contributed by atoms with Gasteiger partial charge in [0.15, 0.2) is 0 Å². The first-order chi connectivity index (χ1) is 10.7. The molecule has 0 aliphatic rings. The zero-order valence-electron chi connectivity index (χ0n) is 12.9. The fourth-order valence-electron chi connectivity index (χ4n) is 2.10. The minimum atomic E-state index is -0.142. The van der Waals surface area contributed by atoms with E-state index in [1.807, 2.05) is 36.4 Å². The average molecular weight is 362 g/mol. The third-order valence-electron chi connectivity index (χ3n) is 3.36. The number of benzene rings is 2. The van der Waals surface area contributed by atoms with Crippen molar-refractivity contribution in [3.63, 3.8) is 0 Å². The first-order valence-electron chi connectivity index (χ1n) is 7.27. The van der Waals surface area contributed by atoms with Crippen molar-refractivity contribution >= 4 is 25.4 Å². The SMILES string of the molecule is COC(=O)C([Se]c1ccccc1)C(C)NCc1ccccc1. The first kappa shape index (κ1) is 16.8. The Hall–Kier alpha value is -1.61. The summed E-state index contributed by atoms with van der Waals surface area (Å²) in [6, 6.07) is 20.4. The third-order valence-corrected chi connectivity index (χ3v) is 6.30. The Morgan fingerprint density at radius 2 is 1.68 bits per heavy atom. The van der Waals surface area contributed by atoms with E-state index in [9.17, 15) is 4.79 Å².